The average molecular weight is 396 g/mol. The number of benzene rings is 1. The van der Waals surface area contributed by atoms with Crippen LogP contribution in [-0.4, -0.2) is 62.3 Å². The average Bonchev–Trinajstić information content (AvgIpc) is 2.98. The van der Waals surface area contributed by atoms with Crippen molar-refractivity contribution in [1.82, 2.24) is 19.4 Å². The lowest BCUT2D eigenvalue weighted by Gasteiger charge is -2.19. The summed E-state index contributed by atoms with van der Waals surface area (Å²) in [5.41, 5.74) is 0.948. The smallest absolute Gasteiger partial charge is 0.293 e. The molecule has 0 radical (unpaired) electrons. The Morgan fingerprint density at radius 1 is 1.30 bits per heavy atom. The van der Waals surface area contributed by atoms with Crippen LogP contribution in [0.25, 0.3) is 0 Å². The molecule has 1 heterocycles. The normalized spacial score (nSPS) is 11.7. The molecule has 1 N–H and O–H groups in total. The predicted octanol–water partition coefficient (Wildman–Crippen LogP) is 0.805. The maximum Gasteiger partial charge on any atom is 0.293 e. The van der Waals surface area contributed by atoms with Crippen LogP contribution in [0.5, 0.6) is 0 Å². The van der Waals surface area contributed by atoms with Gasteiger partial charge in [-0.1, -0.05) is 0 Å². The Labute approximate surface area is 158 Å². The highest BCUT2D eigenvalue weighted by Crippen LogP contribution is 2.31. The summed E-state index contributed by atoms with van der Waals surface area (Å²) in [6, 6.07) is 3.92. The van der Waals surface area contributed by atoms with Crippen molar-refractivity contribution in [2.75, 3.05) is 39.1 Å². The molecule has 0 bridgehead atoms. The summed E-state index contributed by atoms with van der Waals surface area (Å²) in [6.07, 6.45) is 3.49. The van der Waals surface area contributed by atoms with Crippen LogP contribution in [0.1, 0.15) is 5.56 Å². The summed E-state index contributed by atoms with van der Waals surface area (Å²) < 4.78 is 28.9. The molecule has 1 aromatic carbocycles. The number of rotatable bonds is 9. The van der Waals surface area contributed by atoms with Crippen LogP contribution in [0.15, 0.2) is 35.5 Å². The number of nitrogens with one attached hydrogen (secondary N) is 1. The third-order valence-electron chi connectivity index (χ3n) is 3.89. The molecule has 1 aromatic heterocycles. The van der Waals surface area contributed by atoms with Crippen LogP contribution >= 0.6 is 0 Å². The van der Waals surface area contributed by atoms with Gasteiger partial charge in [0.2, 0.25) is 10.0 Å². The van der Waals surface area contributed by atoms with Crippen molar-refractivity contribution in [3.63, 3.8) is 0 Å². The largest absolute Gasteiger partial charge is 0.365 e. The summed E-state index contributed by atoms with van der Waals surface area (Å²) in [5.74, 6) is 0. The van der Waals surface area contributed by atoms with Gasteiger partial charge >= 0.3 is 0 Å². The minimum Gasteiger partial charge on any atom is -0.365 e. The van der Waals surface area contributed by atoms with E-state index in [1.807, 2.05) is 25.2 Å². The molecule has 0 atom stereocenters. The lowest BCUT2D eigenvalue weighted by atomic mass is 10.2. The Morgan fingerprint density at radius 2 is 2.00 bits per heavy atom. The number of hydrogen-bond donors (Lipinski definition) is 1. The van der Waals surface area contributed by atoms with Crippen LogP contribution in [0, 0.1) is 10.1 Å². The predicted molar refractivity (Wildman–Crippen MR) is 102 cm³/mol. The highest BCUT2D eigenvalue weighted by atomic mass is 32.2. The first-order valence-corrected chi connectivity index (χ1v) is 9.70. The summed E-state index contributed by atoms with van der Waals surface area (Å²) in [6.45, 7) is 1.14. The van der Waals surface area contributed by atoms with Crippen molar-refractivity contribution in [3.8, 4) is 0 Å². The molecule has 148 valence electrons. The van der Waals surface area contributed by atoms with Crippen molar-refractivity contribution >= 4 is 21.4 Å². The number of nitro groups is 1. The van der Waals surface area contributed by atoms with Crippen molar-refractivity contribution in [3.05, 3.63) is 46.3 Å². The number of likely N-dealkylation sites (N-methyl/N-ethyl adjacent to an activating group) is 1. The monoisotopic (exact) mass is 396 g/mol. The first-order chi connectivity index (χ1) is 12.6. The lowest BCUT2D eigenvalue weighted by Crippen LogP contribution is -2.31. The Bertz CT molecular complexity index is 909. The summed E-state index contributed by atoms with van der Waals surface area (Å²) in [4.78, 5) is 14.3. The molecule has 10 nitrogen and oxygen atoms in total. The molecule has 0 aliphatic carbocycles. The third-order valence-corrected chi connectivity index (χ3v) is 5.35. The van der Waals surface area contributed by atoms with Gasteiger partial charge in [-0.05, 0) is 26.2 Å². The van der Waals surface area contributed by atoms with Gasteiger partial charge in [0, 0.05) is 51.6 Å². The number of nitrogens with zero attached hydrogens (tertiary/aromatic N) is 5. The summed E-state index contributed by atoms with van der Waals surface area (Å²) in [7, 11) is 3.32. The van der Waals surface area contributed by atoms with E-state index in [9.17, 15) is 18.5 Å². The van der Waals surface area contributed by atoms with E-state index in [4.69, 9.17) is 0 Å². The first kappa shape index (κ1) is 20.8. The third kappa shape index (κ3) is 5.49. The molecule has 0 aliphatic heterocycles. The molecule has 2 rings (SSSR count). The maximum absolute atomic E-state index is 12.4. The first-order valence-electron chi connectivity index (χ1n) is 8.21. The highest BCUT2D eigenvalue weighted by Gasteiger charge is 2.23. The molecular formula is C16H24N6O4S. The van der Waals surface area contributed by atoms with Gasteiger partial charge in [0.05, 0.1) is 16.0 Å². The van der Waals surface area contributed by atoms with Crippen LogP contribution in [-0.2, 0) is 23.6 Å². The molecule has 0 amide bonds. The zero-order chi connectivity index (χ0) is 20.2. The lowest BCUT2D eigenvalue weighted by molar-refractivity contribution is -0.384. The second kappa shape index (κ2) is 8.46. The standard InChI is InChI=1S/C16H24N6O4S/c1-19(2)8-7-18-27(25,26)14-5-6-15(16(9-14)22(23)24)20(3)11-13-10-17-21(4)12-13/h5-6,9-10,12,18H,7-8,11H2,1-4H3. The zero-order valence-electron chi connectivity index (χ0n) is 15.8. The second-order valence-electron chi connectivity index (χ2n) is 6.49. The van der Waals surface area contributed by atoms with Gasteiger partial charge in [-0.2, -0.15) is 5.10 Å². The minimum absolute atomic E-state index is 0.133. The topological polar surface area (TPSA) is 114 Å². The molecule has 27 heavy (non-hydrogen) atoms. The highest BCUT2D eigenvalue weighted by molar-refractivity contribution is 7.89. The fourth-order valence-electron chi connectivity index (χ4n) is 2.54. The number of sulfonamides is 1. The summed E-state index contributed by atoms with van der Waals surface area (Å²) >= 11 is 0. The van der Waals surface area contributed by atoms with E-state index in [1.165, 1.54) is 12.1 Å². The molecular weight excluding hydrogens is 372 g/mol. The van der Waals surface area contributed by atoms with Gasteiger partial charge in [0.1, 0.15) is 5.69 Å². The van der Waals surface area contributed by atoms with E-state index in [-0.39, 0.29) is 17.1 Å². The Kier molecular flexibility index (Phi) is 6.52. The molecule has 0 saturated carbocycles. The van der Waals surface area contributed by atoms with Crippen molar-refractivity contribution in [1.29, 1.82) is 0 Å². The minimum atomic E-state index is -3.82. The van der Waals surface area contributed by atoms with E-state index < -0.39 is 14.9 Å². The van der Waals surface area contributed by atoms with Gasteiger partial charge in [-0.25, -0.2) is 13.1 Å². The van der Waals surface area contributed by atoms with Crippen molar-refractivity contribution in [2.45, 2.75) is 11.4 Å². The molecule has 0 fully saturated rings. The number of nitro benzene ring substituents is 1. The van der Waals surface area contributed by atoms with E-state index in [0.29, 0.717) is 18.8 Å². The van der Waals surface area contributed by atoms with Gasteiger partial charge in [0.15, 0.2) is 0 Å². The van der Waals surface area contributed by atoms with E-state index in [1.54, 1.807) is 29.9 Å². The Balaban J connectivity index is 2.26. The molecule has 0 unspecified atom stereocenters. The van der Waals surface area contributed by atoms with Crippen LogP contribution in [0.2, 0.25) is 0 Å². The maximum atomic E-state index is 12.4. The number of aryl methyl sites for hydroxylation is 1. The van der Waals surface area contributed by atoms with Crippen LogP contribution in [0.4, 0.5) is 11.4 Å². The Morgan fingerprint density at radius 3 is 2.56 bits per heavy atom. The van der Waals surface area contributed by atoms with E-state index in [0.717, 1.165) is 11.6 Å². The molecule has 0 saturated heterocycles. The zero-order valence-corrected chi connectivity index (χ0v) is 16.6. The molecule has 11 heteroatoms. The van der Waals surface area contributed by atoms with Gasteiger partial charge in [0.25, 0.3) is 5.69 Å². The Hall–Kier alpha value is -2.50. The fraction of sp³-hybridized carbons (Fsp3) is 0.438. The second-order valence-corrected chi connectivity index (χ2v) is 8.25. The fourth-order valence-corrected chi connectivity index (χ4v) is 3.58. The number of anilines is 1. The molecule has 0 aliphatic rings. The van der Waals surface area contributed by atoms with Crippen molar-refractivity contribution in [2.24, 2.45) is 7.05 Å². The van der Waals surface area contributed by atoms with Gasteiger partial charge < -0.3 is 9.80 Å². The molecule has 2 aromatic rings. The van der Waals surface area contributed by atoms with E-state index >= 15 is 0 Å². The number of aromatic nitrogens is 2. The number of hydrogen-bond acceptors (Lipinski definition) is 7. The molecule has 0 spiro atoms. The SMILES string of the molecule is CN(C)CCNS(=O)(=O)c1ccc(N(C)Cc2cnn(C)c2)c([N+](=O)[O-])c1. The van der Waals surface area contributed by atoms with Gasteiger partial charge in [-0.3, -0.25) is 14.8 Å². The van der Waals surface area contributed by atoms with E-state index in [2.05, 4.69) is 9.82 Å². The van der Waals surface area contributed by atoms with Crippen LogP contribution < -0.4 is 9.62 Å². The van der Waals surface area contributed by atoms with Crippen LogP contribution in [0.3, 0.4) is 0 Å². The van der Waals surface area contributed by atoms with Gasteiger partial charge in [-0.15, -0.1) is 0 Å². The van der Waals surface area contributed by atoms with Crippen molar-refractivity contribution < 1.29 is 13.3 Å². The summed E-state index contributed by atoms with van der Waals surface area (Å²) in [5, 5.41) is 15.6. The quantitative estimate of drug-likeness (QED) is 0.493.